The Morgan fingerprint density at radius 3 is 3.25 bits per heavy atom. The van der Waals surface area contributed by atoms with Gasteiger partial charge in [0.25, 0.3) is 5.91 Å². The van der Waals surface area contributed by atoms with Crippen molar-refractivity contribution in [2.75, 3.05) is 19.3 Å². The third-order valence-corrected chi connectivity index (χ3v) is 1.45. The van der Waals surface area contributed by atoms with Crippen molar-refractivity contribution < 1.29 is 8.91 Å². The van der Waals surface area contributed by atoms with Crippen molar-refractivity contribution in [3.8, 4) is 0 Å². The normalized spacial score (nSPS) is 13.9. The summed E-state index contributed by atoms with van der Waals surface area (Å²) in [6.45, 7) is -2.49. The van der Waals surface area contributed by atoms with Crippen LogP contribution in [0.5, 0.6) is 0 Å². The van der Waals surface area contributed by atoms with E-state index in [0.29, 0.717) is 5.69 Å². The van der Waals surface area contributed by atoms with Crippen molar-refractivity contribution >= 4 is 11.6 Å². The van der Waals surface area contributed by atoms with E-state index in [9.17, 15) is 4.79 Å². The van der Waals surface area contributed by atoms with E-state index in [-0.39, 0.29) is 5.56 Å². The summed E-state index contributed by atoms with van der Waals surface area (Å²) in [5, 5.41) is 4.67. The van der Waals surface area contributed by atoms with E-state index < -0.39 is 12.9 Å². The number of amides is 1. The first-order chi connectivity index (χ1) is 6.94. The first-order valence-electron chi connectivity index (χ1n) is 4.88. The smallest absolute Gasteiger partial charge is 0.254 e. The van der Waals surface area contributed by atoms with Gasteiger partial charge in [0.2, 0.25) is 0 Å². The fraction of sp³-hybridized carbons (Fsp3) is 0.250. The Labute approximate surface area is 75.2 Å². The zero-order chi connectivity index (χ0) is 11.5. The van der Waals surface area contributed by atoms with Gasteiger partial charge in [0.1, 0.15) is 0 Å². The van der Waals surface area contributed by atoms with Crippen molar-refractivity contribution in [3.63, 3.8) is 0 Å². The molecule has 12 heavy (non-hydrogen) atoms. The molecule has 0 aromatic carbocycles. The van der Waals surface area contributed by atoms with Crippen molar-refractivity contribution in [3.05, 3.63) is 24.0 Å². The third kappa shape index (κ3) is 1.53. The van der Waals surface area contributed by atoms with E-state index in [1.807, 2.05) is 5.32 Å². The van der Waals surface area contributed by atoms with Crippen LogP contribution in [0.25, 0.3) is 0 Å². The average Bonchev–Trinajstić information content (AvgIpc) is 2.15. The second kappa shape index (κ2) is 3.71. The summed E-state index contributed by atoms with van der Waals surface area (Å²) < 4.78 is 20.7. The van der Waals surface area contributed by atoms with Gasteiger partial charge in [0.05, 0.1) is 5.56 Å². The second-order valence-corrected chi connectivity index (χ2v) is 2.13. The monoisotopic (exact) mass is 168 g/mol. The summed E-state index contributed by atoms with van der Waals surface area (Å²) in [6, 6.07) is 1.59. The van der Waals surface area contributed by atoms with Crippen LogP contribution in [0, 0.1) is 0 Å². The van der Waals surface area contributed by atoms with Gasteiger partial charge in [-0.25, -0.2) is 0 Å². The number of rotatable bonds is 2. The maximum atomic E-state index is 11.5. The molecule has 1 heterocycles. The zero-order valence-corrected chi connectivity index (χ0v) is 6.59. The van der Waals surface area contributed by atoms with Crippen molar-refractivity contribution in [1.82, 2.24) is 10.3 Å². The molecule has 64 valence electrons. The van der Waals surface area contributed by atoms with Gasteiger partial charge < -0.3 is 10.6 Å². The molecule has 0 bridgehead atoms. The summed E-state index contributed by atoms with van der Waals surface area (Å²) in [7, 11) is 1.64. The lowest BCUT2D eigenvalue weighted by atomic mass is 10.2. The number of hydrogen-bond acceptors (Lipinski definition) is 3. The van der Waals surface area contributed by atoms with Gasteiger partial charge in [-0.3, -0.25) is 9.78 Å². The lowest BCUT2D eigenvalue weighted by Crippen LogP contribution is -2.19. The molecular formula is C8H11N3O. The van der Waals surface area contributed by atoms with E-state index in [2.05, 4.69) is 10.3 Å². The van der Waals surface area contributed by atoms with Gasteiger partial charge in [-0.1, -0.05) is 0 Å². The Kier molecular flexibility index (Phi) is 1.59. The van der Waals surface area contributed by atoms with Gasteiger partial charge in [-0.15, -0.1) is 0 Å². The quantitative estimate of drug-likeness (QED) is 0.675. The Morgan fingerprint density at radius 2 is 2.58 bits per heavy atom. The van der Waals surface area contributed by atoms with E-state index in [4.69, 9.17) is 4.11 Å². The van der Waals surface area contributed by atoms with Crippen LogP contribution in [0.2, 0.25) is 0 Å². The molecule has 0 aliphatic heterocycles. The van der Waals surface area contributed by atoms with Crippen LogP contribution in [-0.4, -0.2) is 24.9 Å². The minimum absolute atomic E-state index is 0.205. The molecule has 4 nitrogen and oxygen atoms in total. The number of carbonyl (C=O) groups is 1. The topological polar surface area (TPSA) is 54.0 Å². The third-order valence-electron chi connectivity index (χ3n) is 1.45. The van der Waals surface area contributed by atoms with Crippen LogP contribution in [-0.2, 0) is 0 Å². The highest BCUT2D eigenvalue weighted by atomic mass is 16.1. The first kappa shape index (κ1) is 5.13. The average molecular weight is 168 g/mol. The lowest BCUT2D eigenvalue weighted by Gasteiger charge is -2.05. The molecule has 0 aliphatic carbocycles. The highest BCUT2D eigenvalue weighted by Crippen LogP contribution is 2.11. The Bertz CT molecular complexity index is 364. The predicted octanol–water partition coefficient (Wildman–Crippen LogP) is 0.483. The maximum absolute atomic E-state index is 11.5. The Morgan fingerprint density at radius 1 is 1.75 bits per heavy atom. The number of nitrogens with one attached hydrogen (secondary N) is 2. The Balaban J connectivity index is 2.91. The van der Waals surface area contributed by atoms with Crippen LogP contribution in [0.4, 0.5) is 5.69 Å². The molecule has 0 aliphatic rings. The van der Waals surface area contributed by atoms with E-state index in [1.54, 1.807) is 13.1 Å². The molecule has 4 heteroatoms. The van der Waals surface area contributed by atoms with Gasteiger partial charge in [-0.2, -0.15) is 0 Å². The van der Waals surface area contributed by atoms with Gasteiger partial charge in [-0.05, 0) is 6.07 Å². The minimum atomic E-state index is -2.49. The summed E-state index contributed by atoms with van der Waals surface area (Å²) in [5.41, 5.74) is 0.739. The van der Waals surface area contributed by atoms with E-state index >= 15 is 0 Å². The molecule has 1 aromatic rings. The largest absolute Gasteiger partial charge is 0.387 e. The van der Waals surface area contributed by atoms with Crippen LogP contribution < -0.4 is 10.6 Å². The molecule has 0 atom stereocenters. The summed E-state index contributed by atoms with van der Waals surface area (Å²) in [6.07, 6.45) is 2.82. The summed E-state index contributed by atoms with van der Waals surface area (Å²) in [4.78, 5) is 15.2. The lowest BCUT2D eigenvalue weighted by molar-refractivity contribution is 0.0963. The maximum Gasteiger partial charge on any atom is 0.254 e. The molecule has 2 N–H and O–H groups in total. The molecule has 0 spiro atoms. The number of carbonyl (C=O) groups excluding carboxylic acids is 1. The Hall–Kier alpha value is -1.58. The fourth-order valence-corrected chi connectivity index (χ4v) is 0.861. The first-order valence-corrected chi connectivity index (χ1v) is 3.38. The van der Waals surface area contributed by atoms with Crippen molar-refractivity contribution in [2.45, 2.75) is 0 Å². The fourth-order valence-electron chi connectivity index (χ4n) is 0.861. The van der Waals surface area contributed by atoms with Crippen molar-refractivity contribution in [1.29, 1.82) is 0 Å². The van der Waals surface area contributed by atoms with E-state index in [1.165, 1.54) is 12.4 Å². The predicted molar refractivity (Wildman–Crippen MR) is 47.2 cm³/mol. The summed E-state index contributed by atoms with van der Waals surface area (Å²) in [5.74, 6) is -0.674. The molecule has 0 radical (unpaired) electrons. The van der Waals surface area contributed by atoms with E-state index in [0.717, 1.165) is 0 Å². The molecule has 1 aromatic heterocycles. The molecule has 1 rings (SSSR count). The van der Waals surface area contributed by atoms with Crippen molar-refractivity contribution in [2.24, 2.45) is 0 Å². The van der Waals surface area contributed by atoms with Gasteiger partial charge in [0.15, 0.2) is 0 Å². The molecule has 0 fully saturated rings. The zero-order valence-electron chi connectivity index (χ0n) is 9.59. The molecule has 0 saturated carbocycles. The number of hydrogen-bond donors (Lipinski definition) is 2. The van der Waals surface area contributed by atoms with Gasteiger partial charge >= 0.3 is 0 Å². The number of nitrogens with zero attached hydrogens (tertiary/aromatic N) is 1. The summed E-state index contributed by atoms with van der Waals surface area (Å²) >= 11 is 0. The second-order valence-electron chi connectivity index (χ2n) is 2.13. The highest BCUT2D eigenvalue weighted by Gasteiger charge is 2.07. The highest BCUT2D eigenvalue weighted by molar-refractivity contribution is 5.98. The SMILES string of the molecule is [2H]C([2H])([2H])NC(=O)c1cnccc1NC. The van der Waals surface area contributed by atoms with Crippen LogP contribution >= 0.6 is 0 Å². The van der Waals surface area contributed by atoms with Crippen LogP contribution in [0.15, 0.2) is 18.5 Å². The van der Waals surface area contributed by atoms with Gasteiger partial charge in [0, 0.05) is 36.2 Å². The standard InChI is InChI=1S/C8H11N3O/c1-9-7-3-4-11-5-6(7)8(12)10-2/h3-5H,1-2H3,(H,9,11)(H,10,12)/i2D3. The molecule has 1 amide bonds. The number of aromatic nitrogens is 1. The molecule has 0 unspecified atom stereocenters. The minimum Gasteiger partial charge on any atom is -0.387 e. The number of pyridine rings is 1. The molecular weight excluding hydrogens is 154 g/mol. The van der Waals surface area contributed by atoms with Crippen LogP contribution in [0.1, 0.15) is 14.5 Å². The van der Waals surface area contributed by atoms with Crippen LogP contribution in [0.3, 0.4) is 0 Å². The molecule has 0 saturated heterocycles. The number of anilines is 1.